The fourth-order valence-corrected chi connectivity index (χ4v) is 5.64. The van der Waals surface area contributed by atoms with E-state index < -0.39 is 22.0 Å². The Labute approximate surface area is 204 Å². The molecule has 2 aromatic rings. The minimum atomic E-state index is -3.77. The molecular formula is C23H30N6O5S. The highest BCUT2D eigenvalue weighted by atomic mass is 32.2. The number of aromatic nitrogens is 2. The number of aryl methyl sites for hydroxylation is 1. The second kappa shape index (κ2) is 10.6. The molecule has 4 rings (SSSR count). The SMILES string of the molecule is Cc1nc(N)ncc1CNC(=O)CN1CCCC[C@H](NS(=O)(=O)Cc2ccc3c(c2)CCO3)C1=O. The molecule has 0 radical (unpaired) electrons. The maximum atomic E-state index is 13.1. The van der Waals surface area contributed by atoms with E-state index in [0.717, 1.165) is 23.3 Å². The number of benzene rings is 1. The number of ether oxygens (including phenoxy) is 1. The summed E-state index contributed by atoms with van der Waals surface area (Å²) in [5.74, 6) is -0.0282. The number of fused-ring (bicyclic) bond motifs is 1. The van der Waals surface area contributed by atoms with Gasteiger partial charge in [0.05, 0.1) is 18.9 Å². The summed E-state index contributed by atoms with van der Waals surface area (Å²) in [6.07, 6.45) is 4.05. The Morgan fingerprint density at radius 3 is 2.94 bits per heavy atom. The molecule has 35 heavy (non-hydrogen) atoms. The summed E-state index contributed by atoms with van der Waals surface area (Å²) in [6.45, 7) is 2.80. The van der Waals surface area contributed by atoms with Crippen LogP contribution in [0.2, 0.25) is 0 Å². The first-order valence-corrected chi connectivity index (χ1v) is 13.2. The van der Waals surface area contributed by atoms with Crippen molar-refractivity contribution in [1.29, 1.82) is 0 Å². The van der Waals surface area contributed by atoms with Gasteiger partial charge in [0.1, 0.15) is 11.8 Å². The quantitative estimate of drug-likeness (QED) is 0.469. The van der Waals surface area contributed by atoms with Crippen LogP contribution in [0.3, 0.4) is 0 Å². The fourth-order valence-electron chi connectivity index (χ4n) is 4.29. The minimum absolute atomic E-state index is 0.156. The van der Waals surface area contributed by atoms with Gasteiger partial charge in [0, 0.05) is 37.0 Å². The molecule has 4 N–H and O–H groups in total. The summed E-state index contributed by atoms with van der Waals surface area (Å²) < 4.78 is 33.7. The Morgan fingerprint density at radius 1 is 1.31 bits per heavy atom. The zero-order chi connectivity index (χ0) is 25.0. The van der Waals surface area contributed by atoms with Gasteiger partial charge in [0.25, 0.3) is 0 Å². The number of anilines is 1. The highest BCUT2D eigenvalue weighted by Crippen LogP contribution is 2.26. The predicted octanol–water partition coefficient (Wildman–Crippen LogP) is 0.419. The van der Waals surface area contributed by atoms with Gasteiger partial charge >= 0.3 is 0 Å². The van der Waals surface area contributed by atoms with Crippen LogP contribution in [0.5, 0.6) is 5.75 Å². The number of rotatable bonds is 8. The molecule has 0 saturated carbocycles. The van der Waals surface area contributed by atoms with Crippen LogP contribution in [-0.4, -0.2) is 60.8 Å². The zero-order valence-corrected chi connectivity index (χ0v) is 20.4. The van der Waals surface area contributed by atoms with Gasteiger partial charge < -0.3 is 20.7 Å². The summed E-state index contributed by atoms with van der Waals surface area (Å²) in [7, 11) is -3.77. The third-order valence-electron chi connectivity index (χ3n) is 6.12. The van der Waals surface area contributed by atoms with Crippen LogP contribution >= 0.6 is 0 Å². The molecule has 3 heterocycles. The number of amides is 2. The second-order valence-electron chi connectivity index (χ2n) is 8.84. The van der Waals surface area contributed by atoms with Crippen LogP contribution in [0.1, 0.15) is 41.6 Å². The van der Waals surface area contributed by atoms with E-state index in [-0.39, 0.29) is 30.7 Å². The average Bonchev–Trinajstić information content (AvgIpc) is 3.20. The highest BCUT2D eigenvalue weighted by Gasteiger charge is 2.31. The van der Waals surface area contributed by atoms with Crippen molar-refractivity contribution in [3.8, 4) is 5.75 Å². The van der Waals surface area contributed by atoms with E-state index in [4.69, 9.17) is 10.5 Å². The largest absolute Gasteiger partial charge is 0.493 e. The van der Waals surface area contributed by atoms with Gasteiger partial charge in [-0.3, -0.25) is 9.59 Å². The van der Waals surface area contributed by atoms with Crippen molar-refractivity contribution in [2.24, 2.45) is 0 Å². The maximum Gasteiger partial charge on any atom is 0.241 e. The maximum absolute atomic E-state index is 13.1. The van der Waals surface area contributed by atoms with Gasteiger partial charge in [-0.25, -0.2) is 23.1 Å². The Kier molecular flexibility index (Phi) is 7.51. The summed E-state index contributed by atoms with van der Waals surface area (Å²) in [5, 5.41) is 2.76. The molecule has 2 aliphatic rings. The molecule has 0 bridgehead atoms. The first-order chi connectivity index (χ1) is 16.7. The monoisotopic (exact) mass is 502 g/mol. The van der Waals surface area contributed by atoms with Gasteiger partial charge in [-0.05, 0) is 43.4 Å². The topological polar surface area (TPSA) is 157 Å². The predicted molar refractivity (Wildman–Crippen MR) is 129 cm³/mol. The lowest BCUT2D eigenvalue weighted by Crippen LogP contribution is -2.50. The Hall–Kier alpha value is -3.25. The van der Waals surface area contributed by atoms with Crippen LogP contribution in [0.4, 0.5) is 5.95 Å². The molecule has 12 heteroatoms. The van der Waals surface area contributed by atoms with E-state index in [1.165, 1.54) is 4.90 Å². The van der Waals surface area contributed by atoms with E-state index >= 15 is 0 Å². The van der Waals surface area contributed by atoms with E-state index in [1.807, 2.05) is 6.07 Å². The van der Waals surface area contributed by atoms with Crippen molar-refractivity contribution < 1.29 is 22.7 Å². The molecule has 2 aliphatic heterocycles. The molecule has 1 aromatic heterocycles. The third-order valence-corrected chi connectivity index (χ3v) is 7.48. The molecular weight excluding hydrogens is 472 g/mol. The normalized spacial score (nSPS) is 18.0. The standard InChI is InChI=1S/C23H30N6O5S/c1-15-18(12-26-23(24)27-15)11-25-21(30)13-29-8-3-2-4-19(22(29)31)28-35(32,33)14-16-5-6-20-17(10-16)7-9-34-20/h5-6,10,12,19,28H,2-4,7-9,11,13-14H2,1H3,(H,25,30)(H2,24,26,27)/t19-/m0/s1. The van der Waals surface area contributed by atoms with E-state index in [1.54, 1.807) is 25.3 Å². The second-order valence-corrected chi connectivity index (χ2v) is 10.6. The number of sulfonamides is 1. The summed E-state index contributed by atoms with van der Waals surface area (Å²) >= 11 is 0. The molecule has 1 saturated heterocycles. The summed E-state index contributed by atoms with van der Waals surface area (Å²) in [4.78, 5) is 35.0. The van der Waals surface area contributed by atoms with E-state index in [9.17, 15) is 18.0 Å². The van der Waals surface area contributed by atoms with Crippen molar-refractivity contribution in [3.05, 3.63) is 46.8 Å². The fraction of sp³-hybridized carbons (Fsp3) is 0.478. The van der Waals surface area contributed by atoms with Gasteiger partial charge in [-0.15, -0.1) is 0 Å². The lowest BCUT2D eigenvalue weighted by Gasteiger charge is -2.24. The number of nitrogens with one attached hydrogen (secondary N) is 2. The number of nitrogens with two attached hydrogens (primary N) is 1. The van der Waals surface area contributed by atoms with Crippen molar-refractivity contribution >= 4 is 27.8 Å². The number of hydrogen-bond donors (Lipinski definition) is 3. The number of carbonyl (C=O) groups is 2. The van der Waals surface area contributed by atoms with Gasteiger partial charge in [-0.2, -0.15) is 0 Å². The molecule has 1 fully saturated rings. The summed E-state index contributed by atoms with van der Waals surface area (Å²) in [5.41, 5.74) is 8.56. The molecule has 1 aromatic carbocycles. The molecule has 1 atom stereocenters. The van der Waals surface area contributed by atoms with Crippen molar-refractivity contribution in [1.82, 2.24) is 24.9 Å². The minimum Gasteiger partial charge on any atom is -0.493 e. The number of carbonyl (C=O) groups excluding carboxylic acids is 2. The van der Waals surface area contributed by atoms with Gasteiger partial charge in [-0.1, -0.05) is 12.1 Å². The molecule has 188 valence electrons. The van der Waals surface area contributed by atoms with Crippen molar-refractivity contribution in [2.45, 2.75) is 50.9 Å². The lowest BCUT2D eigenvalue weighted by molar-refractivity contribution is -0.136. The first kappa shape index (κ1) is 24.9. The lowest BCUT2D eigenvalue weighted by atomic mass is 10.1. The van der Waals surface area contributed by atoms with Crippen LogP contribution < -0.4 is 20.5 Å². The van der Waals surface area contributed by atoms with Crippen LogP contribution in [0, 0.1) is 6.92 Å². The average molecular weight is 503 g/mol. The van der Waals surface area contributed by atoms with Crippen molar-refractivity contribution in [3.63, 3.8) is 0 Å². The third kappa shape index (κ3) is 6.45. The van der Waals surface area contributed by atoms with Gasteiger partial charge in [0.15, 0.2) is 0 Å². The number of nitrogen functional groups attached to an aromatic ring is 1. The van der Waals surface area contributed by atoms with E-state index in [0.29, 0.717) is 43.7 Å². The Balaban J connectivity index is 1.34. The Bertz CT molecular complexity index is 1220. The Morgan fingerprint density at radius 2 is 2.14 bits per heavy atom. The first-order valence-electron chi connectivity index (χ1n) is 11.6. The molecule has 11 nitrogen and oxygen atoms in total. The molecule has 0 aliphatic carbocycles. The van der Waals surface area contributed by atoms with Crippen molar-refractivity contribution in [2.75, 3.05) is 25.4 Å². The zero-order valence-electron chi connectivity index (χ0n) is 19.6. The molecule has 2 amide bonds. The van der Waals surface area contributed by atoms with Gasteiger partial charge in [0.2, 0.25) is 27.8 Å². The summed E-state index contributed by atoms with van der Waals surface area (Å²) in [6, 6.07) is 4.44. The van der Waals surface area contributed by atoms with E-state index in [2.05, 4.69) is 20.0 Å². The molecule has 0 unspecified atom stereocenters. The van der Waals surface area contributed by atoms with Crippen LogP contribution in [0.25, 0.3) is 0 Å². The van der Waals surface area contributed by atoms with Crippen LogP contribution in [-0.2, 0) is 38.3 Å². The van der Waals surface area contributed by atoms with Crippen LogP contribution in [0.15, 0.2) is 24.4 Å². The smallest absolute Gasteiger partial charge is 0.241 e. The number of hydrogen-bond acceptors (Lipinski definition) is 8. The number of likely N-dealkylation sites (tertiary alicyclic amines) is 1. The highest BCUT2D eigenvalue weighted by molar-refractivity contribution is 7.88. The number of nitrogens with zero attached hydrogens (tertiary/aromatic N) is 3. The molecule has 0 spiro atoms.